The summed E-state index contributed by atoms with van der Waals surface area (Å²) in [5.41, 5.74) is 0.249. The Morgan fingerprint density at radius 1 is 1.27 bits per heavy atom. The van der Waals surface area contributed by atoms with Crippen molar-refractivity contribution in [1.29, 1.82) is 0 Å². The predicted molar refractivity (Wildman–Crippen MR) is 76.7 cm³/mol. The molecule has 1 unspecified atom stereocenters. The van der Waals surface area contributed by atoms with E-state index in [-0.39, 0.29) is 17.5 Å². The minimum absolute atomic E-state index is 0.113. The third-order valence-corrected chi connectivity index (χ3v) is 3.24. The maximum atomic E-state index is 12.4. The molecule has 0 aliphatic heterocycles. The van der Waals surface area contributed by atoms with E-state index in [1.807, 2.05) is 0 Å². The van der Waals surface area contributed by atoms with Gasteiger partial charge in [0.05, 0.1) is 25.3 Å². The Kier molecular flexibility index (Phi) is 4.57. The van der Waals surface area contributed by atoms with Gasteiger partial charge in [-0.2, -0.15) is 0 Å². The van der Waals surface area contributed by atoms with Crippen molar-refractivity contribution < 1.29 is 24.2 Å². The molecule has 116 valence electrons. The molecule has 0 bridgehead atoms. The number of carbonyl (C=O) groups excluding carboxylic acids is 2. The molecule has 0 amide bonds. The molecular weight excluding hydrogens is 290 g/mol. The lowest BCUT2D eigenvalue weighted by molar-refractivity contribution is -0.150. The topological polar surface area (TPSA) is 94.3 Å². The molecular formula is C15H15NO6. The van der Waals surface area contributed by atoms with Crippen molar-refractivity contribution in [2.45, 2.75) is 12.5 Å². The number of hydrogen-bond acceptors (Lipinski definition) is 6. The summed E-state index contributed by atoms with van der Waals surface area (Å²) in [5.74, 6) is -1.46. The number of esters is 2. The van der Waals surface area contributed by atoms with Crippen molar-refractivity contribution in [3.63, 3.8) is 0 Å². The Labute approximate surface area is 125 Å². The van der Waals surface area contributed by atoms with Crippen LogP contribution in [0.2, 0.25) is 0 Å². The van der Waals surface area contributed by atoms with Crippen molar-refractivity contribution in [3.8, 4) is 0 Å². The fraction of sp³-hybridized carbons (Fsp3) is 0.267. The second kappa shape index (κ2) is 6.40. The molecule has 22 heavy (non-hydrogen) atoms. The summed E-state index contributed by atoms with van der Waals surface area (Å²) in [6, 6.07) is 6.25. The minimum Gasteiger partial charge on any atom is -0.467 e. The van der Waals surface area contributed by atoms with Gasteiger partial charge in [0.25, 0.3) is 5.56 Å². The summed E-state index contributed by atoms with van der Waals surface area (Å²) in [6.45, 7) is 0. The van der Waals surface area contributed by atoms with Crippen LogP contribution in [0, 0.1) is 0 Å². The minimum atomic E-state index is -1.48. The first-order valence-corrected chi connectivity index (χ1v) is 6.47. The fourth-order valence-corrected chi connectivity index (χ4v) is 2.15. The van der Waals surface area contributed by atoms with E-state index in [1.54, 1.807) is 18.2 Å². The first-order valence-electron chi connectivity index (χ1n) is 6.47. The quantitative estimate of drug-likeness (QED) is 0.809. The normalized spacial score (nSPS) is 12.0. The van der Waals surface area contributed by atoms with Crippen molar-refractivity contribution >= 4 is 17.5 Å². The Balaban J connectivity index is 2.60. The third-order valence-electron chi connectivity index (χ3n) is 3.24. The molecule has 2 aromatic rings. The molecule has 0 saturated heterocycles. The zero-order valence-electron chi connectivity index (χ0n) is 12.1. The van der Waals surface area contributed by atoms with E-state index in [4.69, 9.17) is 4.74 Å². The highest BCUT2D eigenvalue weighted by molar-refractivity contribution is 5.97. The van der Waals surface area contributed by atoms with Gasteiger partial charge in [-0.1, -0.05) is 6.07 Å². The van der Waals surface area contributed by atoms with Crippen LogP contribution < -0.4 is 5.56 Å². The average Bonchev–Trinajstić information content (AvgIpc) is 2.55. The number of aromatic nitrogens is 1. The SMILES string of the molecule is COC(=O)c1cc(CC(O)C(=O)OC)c(=O)n2ccccc12. The number of methoxy groups -OCH3 is 2. The van der Waals surface area contributed by atoms with Crippen LogP contribution >= 0.6 is 0 Å². The van der Waals surface area contributed by atoms with E-state index in [2.05, 4.69) is 4.74 Å². The van der Waals surface area contributed by atoms with E-state index < -0.39 is 23.6 Å². The zero-order chi connectivity index (χ0) is 16.3. The Morgan fingerprint density at radius 3 is 2.64 bits per heavy atom. The van der Waals surface area contributed by atoms with Crippen LogP contribution in [0.4, 0.5) is 0 Å². The maximum absolute atomic E-state index is 12.4. The highest BCUT2D eigenvalue weighted by atomic mass is 16.5. The van der Waals surface area contributed by atoms with Gasteiger partial charge in [0, 0.05) is 18.2 Å². The largest absolute Gasteiger partial charge is 0.467 e. The van der Waals surface area contributed by atoms with Gasteiger partial charge < -0.3 is 14.6 Å². The average molecular weight is 305 g/mol. The van der Waals surface area contributed by atoms with Crippen LogP contribution in [0.5, 0.6) is 0 Å². The van der Waals surface area contributed by atoms with E-state index >= 15 is 0 Å². The van der Waals surface area contributed by atoms with Crippen LogP contribution in [0.25, 0.3) is 5.52 Å². The van der Waals surface area contributed by atoms with Crippen molar-refractivity contribution in [2.75, 3.05) is 14.2 Å². The lowest BCUT2D eigenvalue weighted by atomic mass is 10.1. The molecule has 2 rings (SSSR count). The number of aliphatic hydroxyl groups is 1. The van der Waals surface area contributed by atoms with Crippen LogP contribution in [-0.4, -0.2) is 41.8 Å². The van der Waals surface area contributed by atoms with Crippen LogP contribution in [0.3, 0.4) is 0 Å². The standard InChI is InChI=1S/C15H15NO6/c1-21-14(19)10-7-9(8-12(17)15(20)22-2)13(18)16-6-4-3-5-11(10)16/h3-7,12,17H,8H2,1-2H3. The molecule has 0 spiro atoms. The summed E-state index contributed by atoms with van der Waals surface area (Å²) in [5, 5.41) is 9.72. The van der Waals surface area contributed by atoms with Gasteiger partial charge in [0.2, 0.25) is 0 Å². The molecule has 0 radical (unpaired) electrons. The Hall–Kier alpha value is -2.67. The molecule has 0 fully saturated rings. The van der Waals surface area contributed by atoms with E-state index in [1.165, 1.54) is 23.8 Å². The molecule has 0 saturated carbocycles. The lowest BCUT2D eigenvalue weighted by Crippen LogP contribution is -2.29. The van der Waals surface area contributed by atoms with Crippen molar-refractivity contribution in [3.05, 3.63) is 51.9 Å². The third kappa shape index (κ3) is 2.84. The Morgan fingerprint density at radius 2 is 2.00 bits per heavy atom. The van der Waals surface area contributed by atoms with Gasteiger partial charge in [0.15, 0.2) is 6.10 Å². The molecule has 1 atom stereocenters. The second-order valence-corrected chi connectivity index (χ2v) is 4.58. The number of aliphatic hydroxyl groups excluding tert-OH is 1. The molecule has 0 aliphatic rings. The number of ether oxygens (including phenoxy) is 2. The molecule has 1 N–H and O–H groups in total. The number of pyridine rings is 2. The number of hydrogen-bond donors (Lipinski definition) is 1. The van der Waals surface area contributed by atoms with Gasteiger partial charge in [-0.25, -0.2) is 9.59 Å². The first-order chi connectivity index (χ1) is 10.5. The van der Waals surface area contributed by atoms with Crippen molar-refractivity contribution in [2.24, 2.45) is 0 Å². The van der Waals surface area contributed by atoms with E-state index in [0.717, 1.165) is 7.11 Å². The molecule has 7 nitrogen and oxygen atoms in total. The first kappa shape index (κ1) is 15.7. The van der Waals surface area contributed by atoms with Gasteiger partial charge >= 0.3 is 11.9 Å². The lowest BCUT2D eigenvalue weighted by Gasteiger charge is -2.11. The summed E-state index contributed by atoms with van der Waals surface area (Å²) in [6.07, 6.45) is -0.240. The van der Waals surface area contributed by atoms with Crippen LogP contribution in [0.1, 0.15) is 15.9 Å². The highest BCUT2D eigenvalue weighted by Gasteiger charge is 2.21. The maximum Gasteiger partial charge on any atom is 0.340 e. The van der Waals surface area contributed by atoms with Gasteiger partial charge in [0.1, 0.15) is 0 Å². The molecule has 0 aromatic carbocycles. The molecule has 2 aromatic heterocycles. The van der Waals surface area contributed by atoms with Crippen LogP contribution in [0.15, 0.2) is 35.3 Å². The van der Waals surface area contributed by atoms with E-state index in [9.17, 15) is 19.5 Å². The summed E-state index contributed by atoms with van der Waals surface area (Å²) in [7, 11) is 2.37. The van der Waals surface area contributed by atoms with Gasteiger partial charge in [-0.05, 0) is 18.2 Å². The molecule has 0 aliphatic carbocycles. The van der Waals surface area contributed by atoms with E-state index in [0.29, 0.717) is 5.52 Å². The van der Waals surface area contributed by atoms with Crippen molar-refractivity contribution in [1.82, 2.24) is 4.40 Å². The zero-order valence-corrected chi connectivity index (χ0v) is 12.1. The summed E-state index contributed by atoms with van der Waals surface area (Å²) in [4.78, 5) is 35.6. The second-order valence-electron chi connectivity index (χ2n) is 4.58. The van der Waals surface area contributed by atoms with Gasteiger partial charge in [-0.15, -0.1) is 0 Å². The smallest absolute Gasteiger partial charge is 0.340 e. The molecule has 2 heterocycles. The summed E-state index contributed by atoms with van der Waals surface area (Å²) >= 11 is 0. The predicted octanol–water partition coefficient (Wildman–Crippen LogP) is 0.162. The fourth-order valence-electron chi connectivity index (χ4n) is 2.15. The number of rotatable bonds is 4. The number of nitrogens with zero attached hydrogens (tertiary/aromatic N) is 1. The van der Waals surface area contributed by atoms with Gasteiger partial charge in [-0.3, -0.25) is 9.20 Å². The Bertz CT molecular complexity index is 779. The monoisotopic (exact) mass is 305 g/mol. The highest BCUT2D eigenvalue weighted by Crippen LogP contribution is 2.13. The van der Waals surface area contributed by atoms with Crippen LogP contribution in [-0.2, 0) is 20.7 Å². The summed E-state index contributed by atoms with van der Waals surface area (Å²) < 4.78 is 10.4. The molecule has 7 heteroatoms. The number of fused-ring (bicyclic) bond motifs is 1. The number of carbonyl (C=O) groups is 2.